The van der Waals surface area contributed by atoms with Crippen LogP contribution in [0, 0.1) is 0 Å². The maximum absolute atomic E-state index is 6.28. The molecule has 0 bridgehead atoms. The number of ether oxygens (including phenoxy) is 2. The molecule has 1 N–H and O–H groups in total. The summed E-state index contributed by atoms with van der Waals surface area (Å²) in [6.07, 6.45) is 2.62. The molecule has 4 heteroatoms. The lowest BCUT2D eigenvalue weighted by Gasteiger charge is -2.17. The molecular weight excluding hydrogens is 358 g/mol. The molecule has 1 aliphatic heterocycles. The molecule has 1 saturated heterocycles. The fourth-order valence-corrected chi connectivity index (χ4v) is 3.76. The van der Waals surface area contributed by atoms with Crippen LogP contribution in [0.4, 0.5) is 0 Å². The number of fused-ring (bicyclic) bond motifs is 1. The van der Waals surface area contributed by atoms with Crippen LogP contribution >= 0.6 is 11.6 Å². The molecule has 1 heterocycles. The zero-order valence-corrected chi connectivity index (χ0v) is 16.0. The minimum Gasteiger partial charge on any atom is -0.488 e. The molecule has 0 saturated carbocycles. The number of nitrogens with one attached hydrogen (secondary N) is 1. The molecular formula is C23H24ClNO2. The molecule has 4 rings (SSSR count). The van der Waals surface area contributed by atoms with Gasteiger partial charge in [-0.25, -0.2) is 0 Å². The van der Waals surface area contributed by atoms with Gasteiger partial charge in [0.1, 0.15) is 12.4 Å². The fourth-order valence-electron chi connectivity index (χ4n) is 3.57. The average Bonchev–Trinajstić information content (AvgIpc) is 3.21. The molecule has 0 spiro atoms. The highest BCUT2D eigenvalue weighted by Crippen LogP contribution is 2.29. The second kappa shape index (κ2) is 8.75. The Morgan fingerprint density at radius 2 is 1.89 bits per heavy atom. The summed E-state index contributed by atoms with van der Waals surface area (Å²) in [4.78, 5) is 0. The lowest BCUT2D eigenvalue weighted by molar-refractivity contribution is 0.110. The van der Waals surface area contributed by atoms with Crippen molar-refractivity contribution in [2.45, 2.75) is 32.1 Å². The zero-order chi connectivity index (χ0) is 18.5. The van der Waals surface area contributed by atoms with Gasteiger partial charge < -0.3 is 14.8 Å². The Hall–Kier alpha value is -2.07. The van der Waals surface area contributed by atoms with Crippen molar-refractivity contribution in [3.8, 4) is 5.75 Å². The Morgan fingerprint density at radius 1 is 1.04 bits per heavy atom. The van der Waals surface area contributed by atoms with Crippen LogP contribution in [0.15, 0.2) is 60.7 Å². The maximum atomic E-state index is 6.28. The van der Waals surface area contributed by atoms with Crippen LogP contribution in [0.25, 0.3) is 10.8 Å². The van der Waals surface area contributed by atoms with Crippen LogP contribution < -0.4 is 10.1 Å². The minimum atomic E-state index is 0.326. The van der Waals surface area contributed by atoms with Crippen LogP contribution in [-0.2, 0) is 17.9 Å². The summed E-state index contributed by atoms with van der Waals surface area (Å²) in [7, 11) is 0. The van der Waals surface area contributed by atoms with E-state index in [1.165, 1.54) is 16.3 Å². The van der Waals surface area contributed by atoms with Gasteiger partial charge in [-0.3, -0.25) is 0 Å². The van der Waals surface area contributed by atoms with Crippen molar-refractivity contribution < 1.29 is 9.47 Å². The van der Waals surface area contributed by atoms with Crippen LogP contribution in [0.3, 0.4) is 0 Å². The highest BCUT2D eigenvalue weighted by atomic mass is 35.5. The highest BCUT2D eigenvalue weighted by Gasteiger charge is 2.16. The maximum Gasteiger partial charge on any atom is 0.124 e. The molecule has 3 aromatic rings. The van der Waals surface area contributed by atoms with E-state index < -0.39 is 0 Å². The van der Waals surface area contributed by atoms with E-state index in [0.717, 1.165) is 48.9 Å². The van der Waals surface area contributed by atoms with Gasteiger partial charge in [0, 0.05) is 35.8 Å². The largest absolute Gasteiger partial charge is 0.488 e. The first-order valence-corrected chi connectivity index (χ1v) is 9.88. The predicted octanol–water partition coefficient (Wildman–Crippen LogP) is 5.34. The molecule has 0 amide bonds. The molecule has 1 aliphatic rings. The van der Waals surface area contributed by atoms with E-state index in [-0.39, 0.29) is 0 Å². The van der Waals surface area contributed by atoms with Crippen LogP contribution in [0.1, 0.15) is 24.0 Å². The molecule has 0 unspecified atom stereocenters. The van der Waals surface area contributed by atoms with Gasteiger partial charge in [0.05, 0.1) is 6.10 Å². The third kappa shape index (κ3) is 4.44. The van der Waals surface area contributed by atoms with Crippen LogP contribution in [-0.4, -0.2) is 19.3 Å². The monoisotopic (exact) mass is 381 g/mol. The van der Waals surface area contributed by atoms with Gasteiger partial charge in [-0.2, -0.15) is 0 Å². The molecule has 0 aliphatic carbocycles. The minimum absolute atomic E-state index is 0.326. The molecule has 0 aromatic heterocycles. The van der Waals surface area contributed by atoms with Crippen LogP contribution in [0.5, 0.6) is 5.75 Å². The number of hydrogen-bond donors (Lipinski definition) is 1. The smallest absolute Gasteiger partial charge is 0.124 e. The number of hydrogen-bond acceptors (Lipinski definition) is 3. The lowest BCUT2D eigenvalue weighted by atomic mass is 10.0. The number of rotatable bonds is 7. The van der Waals surface area contributed by atoms with Crippen LogP contribution in [0.2, 0.25) is 5.02 Å². The van der Waals surface area contributed by atoms with Crippen molar-refractivity contribution >= 4 is 22.4 Å². The quantitative estimate of drug-likeness (QED) is 0.599. The zero-order valence-electron chi connectivity index (χ0n) is 15.3. The number of benzene rings is 3. The summed E-state index contributed by atoms with van der Waals surface area (Å²) in [6, 6.07) is 20.4. The second-order valence-corrected chi connectivity index (χ2v) is 7.32. The summed E-state index contributed by atoms with van der Waals surface area (Å²) in [5.41, 5.74) is 2.17. The Kier molecular flexibility index (Phi) is 5.93. The topological polar surface area (TPSA) is 30.5 Å². The lowest BCUT2D eigenvalue weighted by Crippen LogP contribution is -2.26. The number of halogens is 1. The van der Waals surface area contributed by atoms with E-state index in [1.807, 2.05) is 24.3 Å². The molecule has 1 fully saturated rings. The van der Waals surface area contributed by atoms with Gasteiger partial charge in [-0.15, -0.1) is 0 Å². The van der Waals surface area contributed by atoms with Crippen molar-refractivity contribution in [2.24, 2.45) is 0 Å². The van der Waals surface area contributed by atoms with E-state index in [0.29, 0.717) is 12.7 Å². The Balaban J connectivity index is 1.54. The van der Waals surface area contributed by atoms with Gasteiger partial charge in [0.2, 0.25) is 0 Å². The van der Waals surface area contributed by atoms with E-state index in [2.05, 4.69) is 41.7 Å². The highest BCUT2D eigenvalue weighted by molar-refractivity contribution is 6.31. The Bertz CT molecular complexity index is 906. The van der Waals surface area contributed by atoms with Crippen molar-refractivity contribution in [3.05, 3.63) is 76.8 Å². The first-order valence-electron chi connectivity index (χ1n) is 9.50. The van der Waals surface area contributed by atoms with Crippen molar-refractivity contribution in [1.29, 1.82) is 0 Å². The van der Waals surface area contributed by atoms with Gasteiger partial charge in [-0.1, -0.05) is 60.1 Å². The van der Waals surface area contributed by atoms with E-state index >= 15 is 0 Å². The summed E-state index contributed by atoms with van der Waals surface area (Å²) >= 11 is 6.28. The summed E-state index contributed by atoms with van der Waals surface area (Å²) in [5, 5.41) is 6.72. The summed E-state index contributed by atoms with van der Waals surface area (Å²) in [5.74, 6) is 0.897. The van der Waals surface area contributed by atoms with Gasteiger partial charge in [0.15, 0.2) is 0 Å². The van der Waals surface area contributed by atoms with Crippen molar-refractivity contribution in [3.63, 3.8) is 0 Å². The van der Waals surface area contributed by atoms with Gasteiger partial charge in [0.25, 0.3) is 0 Å². The SMILES string of the molecule is Clc1ccccc1COc1ccc2ccccc2c1CNC[C@H]1CCCO1. The van der Waals surface area contributed by atoms with Gasteiger partial charge >= 0.3 is 0 Å². The fraction of sp³-hybridized carbons (Fsp3) is 0.304. The molecule has 140 valence electrons. The normalized spacial score (nSPS) is 16.7. The standard InChI is InChI=1S/C23H24ClNO2/c24-22-10-4-2-7-18(22)16-27-23-12-11-17-6-1-3-9-20(17)21(23)15-25-14-19-8-5-13-26-19/h1-4,6-7,9-12,19,25H,5,8,13-16H2/t19-/m1/s1. The van der Waals surface area contributed by atoms with E-state index in [9.17, 15) is 0 Å². The molecule has 27 heavy (non-hydrogen) atoms. The Morgan fingerprint density at radius 3 is 2.74 bits per heavy atom. The second-order valence-electron chi connectivity index (χ2n) is 6.91. The molecule has 3 aromatic carbocycles. The van der Waals surface area contributed by atoms with E-state index in [4.69, 9.17) is 21.1 Å². The Labute approximate surface area is 165 Å². The predicted molar refractivity (Wildman–Crippen MR) is 110 cm³/mol. The van der Waals surface area contributed by atoms with E-state index in [1.54, 1.807) is 0 Å². The van der Waals surface area contributed by atoms with Crippen molar-refractivity contribution in [2.75, 3.05) is 13.2 Å². The third-order valence-corrected chi connectivity index (χ3v) is 5.41. The molecule has 0 radical (unpaired) electrons. The van der Waals surface area contributed by atoms with Gasteiger partial charge in [-0.05, 0) is 35.7 Å². The average molecular weight is 382 g/mol. The first kappa shape index (κ1) is 18.3. The third-order valence-electron chi connectivity index (χ3n) is 5.04. The first-order chi connectivity index (χ1) is 13.3. The molecule has 3 nitrogen and oxygen atoms in total. The summed E-state index contributed by atoms with van der Waals surface area (Å²) in [6.45, 7) is 2.95. The molecule has 1 atom stereocenters. The summed E-state index contributed by atoms with van der Waals surface area (Å²) < 4.78 is 11.9. The van der Waals surface area contributed by atoms with Crippen molar-refractivity contribution in [1.82, 2.24) is 5.32 Å².